The smallest absolute Gasteiger partial charge is 0.422 e. The number of halogens is 7. The van der Waals surface area contributed by atoms with Crippen molar-refractivity contribution >= 4 is 33.6 Å². The maximum absolute atomic E-state index is 12.5. The van der Waals surface area contributed by atoms with Crippen molar-refractivity contribution in [1.29, 1.82) is 0 Å². The third-order valence-electron chi connectivity index (χ3n) is 3.54. The van der Waals surface area contributed by atoms with Crippen molar-refractivity contribution in [3.8, 4) is 11.8 Å². The number of nitrogens with zero attached hydrogens (tertiary/aromatic N) is 3. The van der Waals surface area contributed by atoms with Crippen molar-refractivity contribution in [3.05, 3.63) is 34.3 Å². The number of carbonyl (C=O) groups excluding carboxylic acids is 1. The van der Waals surface area contributed by atoms with Gasteiger partial charge in [-0.1, -0.05) is 15.9 Å². The number of amides is 2. The number of urea groups is 1. The molecular formula is C17H15BrF6N4O3. The predicted molar refractivity (Wildman–Crippen MR) is 101 cm³/mol. The third-order valence-corrected chi connectivity index (χ3v) is 4.07. The van der Waals surface area contributed by atoms with Gasteiger partial charge >= 0.3 is 18.4 Å². The summed E-state index contributed by atoms with van der Waals surface area (Å²) < 4.78 is 84.7. The molecule has 0 atom stereocenters. The lowest BCUT2D eigenvalue weighted by Gasteiger charge is -2.19. The summed E-state index contributed by atoms with van der Waals surface area (Å²) >= 11 is 3.24. The van der Waals surface area contributed by atoms with E-state index in [2.05, 4.69) is 40.7 Å². The van der Waals surface area contributed by atoms with Crippen molar-refractivity contribution in [1.82, 2.24) is 9.97 Å². The number of nitrogens with one attached hydrogen (secondary N) is 1. The lowest BCUT2D eigenvalue weighted by molar-refractivity contribution is -0.154. The number of hydrogen-bond acceptors (Lipinski definition) is 5. The van der Waals surface area contributed by atoms with Crippen LogP contribution in [0, 0.1) is 6.92 Å². The second-order valence-electron chi connectivity index (χ2n) is 6.06. The quantitative estimate of drug-likeness (QED) is 0.540. The Labute approximate surface area is 180 Å². The van der Waals surface area contributed by atoms with E-state index >= 15 is 0 Å². The third kappa shape index (κ3) is 7.77. The molecule has 2 aromatic rings. The standard InChI is InChI=1S/C17H15BrF6N4O3/c1-9-12(30-7-16(19,20)21)25-14(26-13(9)31-8-17(22,23)24)27-15(29)28(2)11-5-3-10(18)4-6-11/h3-6H,7-8H2,1-2H3,(H,25,26,27,29). The Morgan fingerprint density at radius 2 is 1.45 bits per heavy atom. The highest BCUT2D eigenvalue weighted by atomic mass is 79.9. The van der Waals surface area contributed by atoms with Crippen LogP contribution in [-0.2, 0) is 0 Å². The molecule has 1 heterocycles. The molecular weight excluding hydrogens is 502 g/mol. The zero-order valence-corrected chi connectivity index (χ0v) is 17.5. The van der Waals surface area contributed by atoms with Gasteiger partial charge in [-0.15, -0.1) is 0 Å². The van der Waals surface area contributed by atoms with Crippen molar-refractivity contribution in [2.75, 3.05) is 30.5 Å². The highest BCUT2D eigenvalue weighted by Gasteiger charge is 2.31. The average Bonchev–Trinajstić information content (AvgIpc) is 2.65. The van der Waals surface area contributed by atoms with Gasteiger partial charge in [-0.05, 0) is 31.2 Å². The molecule has 0 bridgehead atoms. The molecule has 1 aromatic carbocycles. The Hall–Kier alpha value is -2.77. The molecule has 0 radical (unpaired) electrons. The van der Waals surface area contributed by atoms with Crippen LogP contribution in [-0.4, -0.2) is 48.6 Å². The number of rotatable bonds is 6. The average molecular weight is 517 g/mol. The SMILES string of the molecule is Cc1c(OCC(F)(F)F)nc(NC(=O)N(C)c2ccc(Br)cc2)nc1OCC(F)(F)F. The monoisotopic (exact) mass is 516 g/mol. The molecule has 0 aliphatic rings. The first kappa shape index (κ1) is 24.5. The maximum atomic E-state index is 12.5. The summed E-state index contributed by atoms with van der Waals surface area (Å²) in [4.78, 5) is 20.8. The summed E-state index contributed by atoms with van der Waals surface area (Å²) in [6, 6.07) is 5.70. The largest absolute Gasteiger partial charge is 0.468 e. The summed E-state index contributed by atoms with van der Waals surface area (Å²) in [7, 11) is 1.38. The minimum Gasteiger partial charge on any atom is -0.468 e. The van der Waals surface area contributed by atoms with Crippen molar-refractivity contribution in [2.24, 2.45) is 0 Å². The van der Waals surface area contributed by atoms with E-state index in [4.69, 9.17) is 0 Å². The number of alkyl halides is 6. The first-order valence-electron chi connectivity index (χ1n) is 8.33. The topological polar surface area (TPSA) is 76.6 Å². The first-order chi connectivity index (χ1) is 14.2. The van der Waals surface area contributed by atoms with Gasteiger partial charge in [0.1, 0.15) is 0 Å². The Bertz CT molecular complexity index is 883. The molecule has 31 heavy (non-hydrogen) atoms. The summed E-state index contributed by atoms with van der Waals surface area (Å²) in [5.74, 6) is -1.98. The van der Waals surface area contributed by atoms with Gasteiger partial charge < -0.3 is 9.47 Å². The minimum atomic E-state index is -4.73. The van der Waals surface area contributed by atoms with E-state index < -0.39 is 49.3 Å². The van der Waals surface area contributed by atoms with Crippen molar-refractivity contribution in [3.63, 3.8) is 0 Å². The molecule has 0 unspecified atom stereocenters. The van der Waals surface area contributed by atoms with E-state index in [1.54, 1.807) is 24.3 Å². The lowest BCUT2D eigenvalue weighted by atomic mass is 10.3. The van der Waals surface area contributed by atoms with Crippen LogP contribution in [0.25, 0.3) is 0 Å². The fourth-order valence-electron chi connectivity index (χ4n) is 2.08. The van der Waals surface area contributed by atoms with Crippen LogP contribution >= 0.6 is 15.9 Å². The highest BCUT2D eigenvalue weighted by Crippen LogP contribution is 2.29. The van der Waals surface area contributed by atoms with E-state index in [0.717, 1.165) is 16.3 Å². The number of hydrogen-bond donors (Lipinski definition) is 1. The van der Waals surface area contributed by atoms with Crippen LogP contribution in [0.4, 0.5) is 42.8 Å². The fourth-order valence-corrected chi connectivity index (χ4v) is 2.34. The van der Waals surface area contributed by atoms with Crippen LogP contribution in [0.1, 0.15) is 5.56 Å². The van der Waals surface area contributed by atoms with Gasteiger partial charge in [-0.2, -0.15) is 36.3 Å². The molecule has 1 N–H and O–H groups in total. The molecule has 7 nitrogen and oxygen atoms in total. The van der Waals surface area contributed by atoms with Crippen molar-refractivity contribution < 1.29 is 40.6 Å². The van der Waals surface area contributed by atoms with Crippen LogP contribution in [0.15, 0.2) is 28.7 Å². The molecule has 170 valence electrons. The van der Waals surface area contributed by atoms with Gasteiger partial charge in [0.05, 0.1) is 5.56 Å². The molecule has 2 rings (SSSR count). The van der Waals surface area contributed by atoms with Gasteiger partial charge in [0.15, 0.2) is 13.2 Å². The molecule has 0 saturated carbocycles. The Morgan fingerprint density at radius 3 is 1.87 bits per heavy atom. The molecule has 1 aromatic heterocycles. The van der Waals surface area contributed by atoms with Gasteiger partial charge in [0, 0.05) is 17.2 Å². The summed E-state index contributed by atoms with van der Waals surface area (Å²) in [5.41, 5.74) is 0.141. The van der Waals surface area contributed by atoms with E-state index in [1.165, 1.54) is 7.05 Å². The molecule has 0 spiro atoms. The van der Waals surface area contributed by atoms with E-state index in [1.807, 2.05) is 0 Å². The fraction of sp³-hybridized carbons (Fsp3) is 0.353. The zero-order valence-electron chi connectivity index (χ0n) is 15.9. The van der Waals surface area contributed by atoms with Crippen LogP contribution in [0.2, 0.25) is 0 Å². The Morgan fingerprint density at radius 1 is 1.00 bits per heavy atom. The summed E-state index contributed by atoms with van der Waals surface area (Å²) in [6.07, 6.45) is -9.45. The summed E-state index contributed by atoms with van der Waals surface area (Å²) in [5, 5.41) is 2.19. The molecule has 0 saturated heterocycles. The second kappa shape index (κ2) is 9.58. The number of ether oxygens (including phenoxy) is 2. The van der Waals surface area contributed by atoms with E-state index in [9.17, 15) is 31.1 Å². The molecule has 0 fully saturated rings. The van der Waals surface area contributed by atoms with Crippen LogP contribution in [0.3, 0.4) is 0 Å². The van der Waals surface area contributed by atoms with Crippen molar-refractivity contribution in [2.45, 2.75) is 19.3 Å². The molecule has 0 aliphatic heterocycles. The van der Waals surface area contributed by atoms with Gasteiger partial charge in [0.2, 0.25) is 17.7 Å². The summed E-state index contributed by atoms with van der Waals surface area (Å²) in [6.45, 7) is -2.39. The highest BCUT2D eigenvalue weighted by molar-refractivity contribution is 9.10. The molecule has 0 aliphatic carbocycles. The van der Waals surface area contributed by atoms with Crippen LogP contribution in [0.5, 0.6) is 11.8 Å². The van der Waals surface area contributed by atoms with E-state index in [-0.39, 0.29) is 5.56 Å². The maximum Gasteiger partial charge on any atom is 0.422 e. The van der Waals surface area contributed by atoms with Gasteiger partial charge in [-0.25, -0.2) is 4.79 Å². The van der Waals surface area contributed by atoms with Crippen LogP contribution < -0.4 is 19.7 Å². The number of anilines is 2. The predicted octanol–water partition coefficient (Wildman–Crippen LogP) is 5.10. The number of aromatic nitrogens is 2. The first-order valence-corrected chi connectivity index (χ1v) is 9.12. The minimum absolute atomic E-state index is 0.298. The van der Waals surface area contributed by atoms with E-state index in [0.29, 0.717) is 5.69 Å². The van der Waals surface area contributed by atoms with Gasteiger partial charge in [0.25, 0.3) is 0 Å². The number of benzene rings is 1. The number of carbonyl (C=O) groups is 1. The normalized spacial score (nSPS) is 11.8. The molecule has 14 heteroatoms. The van der Waals surface area contributed by atoms with Gasteiger partial charge in [-0.3, -0.25) is 10.2 Å². The lowest BCUT2D eigenvalue weighted by Crippen LogP contribution is -2.32. The Balaban J connectivity index is 2.28. The Kier molecular flexibility index (Phi) is 7.57. The zero-order chi connectivity index (χ0) is 23.4. The molecule has 2 amide bonds. The second-order valence-corrected chi connectivity index (χ2v) is 6.97.